The smallest absolute Gasteiger partial charge is 0.254 e. The van der Waals surface area contributed by atoms with E-state index in [9.17, 15) is 4.79 Å². The molecule has 0 bridgehead atoms. The Morgan fingerprint density at radius 3 is 2.43 bits per heavy atom. The molecule has 1 aromatic heterocycles. The van der Waals surface area contributed by atoms with Gasteiger partial charge >= 0.3 is 0 Å². The van der Waals surface area contributed by atoms with Gasteiger partial charge in [-0.05, 0) is 12.1 Å². The van der Waals surface area contributed by atoms with E-state index in [0.717, 1.165) is 22.3 Å². The third-order valence-electron chi connectivity index (χ3n) is 4.57. The van der Waals surface area contributed by atoms with E-state index in [0.29, 0.717) is 23.3 Å². The third-order valence-corrected chi connectivity index (χ3v) is 4.57. The number of amides is 1. The van der Waals surface area contributed by atoms with Crippen molar-refractivity contribution in [3.63, 3.8) is 0 Å². The van der Waals surface area contributed by atoms with E-state index in [1.54, 1.807) is 7.11 Å². The molecule has 1 N–H and O–H groups in total. The van der Waals surface area contributed by atoms with Crippen LogP contribution in [0.5, 0.6) is 5.75 Å². The van der Waals surface area contributed by atoms with Gasteiger partial charge in [0, 0.05) is 23.1 Å². The molecule has 1 heterocycles. The van der Waals surface area contributed by atoms with Crippen LogP contribution in [-0.2, 0) is 6.54 Å². The third kappa shape index (κ3) is 3.42. The number of methoxy groups -OCH3 is 1. The fourth-order valence-electron chi connectivity index (χ4n) is 3.19. The fourth-order valence-corrected chi connectivity index (χ4v) is 3.19. The second kappa shape index (κ2) is 7.88. The Balaban J connectivity index is 1.75. The van der Waals surface area contributed by atoms with Gasteiger partial charge in [0.05, 0.1) is 18.2 Å². The Labute approximate surface area is 163 Å². The van der Waals surface area contributed by atoms with Crippen LogP contribution in [0.1, 0.15) is 15.9 Å². The minimum absolute atomic E-state index is 0.198. The van der Waals surface area contributed by atoms with E-state index in [2.05, 4.69) is 15.5 Å². The van der Waals surface area contributed by atoms with Crippen molar-refractivity contribution >= 4 is 16.8 Å². The van der Waals surface area contributed by atoms with Crippen molar-refractivity contribution in [1.82, 2.24) is 15.5 Å². The minimum atomic E-state index is -0.198. The molecule has 0 aliphatic rings. The zero-order valence-corrected chi connectivity index (χ0v) is 15.4. The van der Waals surface area contributed by atoms with E-state index in [4.69, 9.17) is 4.74 Å². The monoisotopic (exact) mass is 369 g/mol. The Morgan fingerprint density at radius 2 is 1.61 bits per heavy atom. The van der Waals surface area contributed by atoms with Crippen molar-refractivity contribution in [3.8, 4) is 17.0 Å². The Bertz CT molecular complexity index is 1130. The lowest BCUT2D eigenvalue weighted by Gasteiger charge is -2.13. The highest BCUT2D eigenvalue weighted by molar-refractivity contribution is 6.10. The number of rotatable bonds is 5. The largest absolute Gasteiger partial charge is 0.496 e. The molecule has 0 aliphatic heterocycles. The zero-order valence-electron chi connectivity index (χ0n) is 15.4. The van der Waals surface area contributed by atoms with Crippen molar-refractivity contribution in [2.75, 3.05) is 7.11 Å². The highest BCUT2D eigenvalue weighted by Gasteiger charge is 2.19. The topological polar surface area (TPSA) is 64.1 Å². The molecule has 4 aromatic rings. The molecule has 28 heavy (non-hydrogen) atoms. The van der Waals surface area contributed by atoms with Crippen LogP contribution in [0.3, 0.4) is 0 Å². The summed E-state index contributed by atoms with van der Waals surface area (Å²) in [5.74, 6) is 0.541. The van der Waals surface area contributed by atoms with E-state index >= 15 is 0 Å². The van der Waals surface area contributed by atoms with Crippen molar-refractivity contribution in [2.24, 2.45) is 0 Å². The summed E-state index contributed by atoms with van der Waals surface area (Å²) in [6.07, 6.45) is 0. The Morgan fingerprint density at radius 1 is 0.893 bits per heavy atom. The van der Waals surface area contributed by atoms with Crippen LogP contribution in [0.2, 0.25) is 0 Å². The van der Waals surface area contributed by atoms with Crippen molar-refractivity contribution in [2.45, 2.75) is 6.54 Å². The SMILES string of the molecule is COc1ccccc1CNC(=O)c1c(-c2ccccc2)nnc2ccccc12. The van der Waals surface area contributed by atoms with Crippen LogP contribution in [0.4, 0.5) is 0 Å². The molecule has 0 fully saturated rings. The molecule has 5 nitrogen and oxygen atoms in total. The summed E-state index contributed by atoms with van der Waals surface area (Å²) < 4.78 is 5.37. The van der Waals surface area contributed by atoms with Crippen LogP contribution in [0, 0.1) is 0 Å². The summed E-state index contributed by atoms with van der Waals surface area (Å²) in [5, 5.41) is 12.4. The second-order valence-electron chi connectivity index (χ2n) is 6.30. The molecule has 0 unspecified atom stereocenters. The number of ether oxygens (including phenoxy) is 1. The molecule has 0 aliphatic carbocycles. The van der Waals surface area contributed by atoms with E-state index in [1.165, 1.54) is 0 Å². The van der Waals surface area contributed by atoms with Crippen LogP contribution in [0.15, 0.2) is 78.9 Å². The van der Waals surface area contributed by atoms with Gasteiger partial charge in [0.1, 0.15) is 11.4 Å². The van der Waals surface area contributed by atoms with Crippen molar-refractivity contribution < 1.29 is 9.53 Å². The number of nitrogens with one attached hydrogen (secondary N) is 1. The average molecular weight is 369 g/mol. The molecule has 0 saturated carbocycles. The van der Waals surface area contributed by atoms with Gasteiger partial charge in [0.15, 0.2) is 0 Å². The van der Waals surface area contributed by atoms with E-state index < -0.39 is 0 Å². The second-order valence-corrected chi connectivity index (χ2v) is 6.30. The lowest BCUT2D eigenvalue weighted by molar-refractivity contribution is 0.0952. The summed E-state index contributed by atoms with van der Waals surface area (Å²) in [4.78, 5) is 13.2. The molecule has 0 atom stereocenters. The standard InChI is InChI=1S/C23H19N3O2/c1-28-20-14-8-5-11-17(20)15-24-23(27)21-18-12-6-7-13-19(18)25-26-22(21)16-9-3-2-4-10-16/h2-14H,15H2,1H3,(H,24,27). The zero-order chi connectivity index (χ0) is 19.3. The highest BCUT2D eigenvalue weighted by Crippen LogP contribution is 2.27. The average Bonchev–Trinajstić information content (AvgIpc) is 2.77. The normalized spacial score (nSPS) is 10.6. The molecule has 4 rings (SSSR count). The number of aromatic nitrogens is 2. The van der Waals surface area contributed by atoms with Crippen LogP contribution in [-0.4, -0.2) is 23.2 Å². The number of carbonyl (C=O) groups is 1. The number of hydrogen-bond donors (Lipinski definition) is 1. The molecular weight excluding hydrogens is 350 g/mol. The number of benzene rings is 3. The van der Waals surface area contributed by atoms with Crippen LogP contribution >= 0.6 is 0 Å². The van der Waals surface area contributed by atoms with Crippen LogP contribution in [0.25, 0.3) is 22.2 Å². The molecule has 1 amide bonds. The van der Waals surface area contributed by atoms with Gasteiger partial charge in [-0.15, -0.1) is 10.2 Å². The highest BCUT2D eigenvalue weighted by atomic mass is 16.5. The lowest BCUT2D eigenvalue weighted by atomic mass is 10.0. The lowest BCUT2D eigenvalue weighted by Crippen LogP contribution is -2.24. The number of nitrogens with zero attached hydrogens (tertiary/aromatic N) is 2. The van der Waals surface area contributed by atoms with E-state index in [1.807, 2.05) is 78.9 Å². The summed E-state index contributed by atoms with van der Waals surface area (Å²) in [5.41, 5.74) is 3.53. The van der Waals surface area contributed by atoms with Crippen molar-refractivity contribution in [3.05, 3.63) is 90.0 Å². The summed E-state index contributed by atoms with van der Waals surface area (Å²) in [7, 11) is 1.62. The molecule has 0 radical (unpaired) electrons. The predicted octanol–water partition coefficient (Wildman–Crippen LogP) is 4.24. The number of hydrogen-bond acceptors (Lipinski definition) is 4. The van der Waals surface area contributed by atoms with E-state index in [-0.39, 0.29) is 5.91 Å². The summed E-state index contributed by atoms with van der Waals surface area (Å²) >= 11 is 0. The molecular formula is C23H19N3O2. The van der Waals surface area contributed by atoms with Gasteiger partial charge in [-0.1, -0.05) is 66.7 Å². The van der Waals surface area contributed by atoms with Crippen LogP contribution < -0.4 is 10.1 Å². The maximum absolute atomic E-state index is 13.2. The van der Waals surface area contributed by atoms with Gasteiger partial charge in [0.2, 0.25) is 0 Å². The number of fused-ring (bicyclic) bond motifs is 1. The Kier molecular flexibility index (Phi) is 4.97. The van der Waals surface area contributed by atoms with Gasteiger partial charge in [-0.2, -0.15) is 0 Å². The number of para-hydroxylation sites is 1. The van der Waals surface area contributed by atoms with Gasteiger partial charge in [-0.25, -0.2) is 0 Å². The Hall–Kier alpha value is -3.73. The maximum Gasteiger partial charge on any atom is 0.254 e. The van der Waals surface area contributed by atoms with Gasteiger partial charge in [-0.3, -0.25) is 4.79 Å². The summed E-state index contributed by atoms with van der Waals surface area (Å²) in [6.45, 7) is 0.355. The van der Waals surface area contributed by atoms with Crippen molar-refractivity contribution in [1.29, 1.82) is 0 Å². The molecule has 0 spiro atoms. The van der Waals surface area contributed by atoms with Gasteiger partial charge < -0.3 is 10.1 Å². The first kappa shape index (κ1) is 17.7. The number of carbonyl (C=O) groups excluding carboxylic acids is 1. The predicted molar refractivity (Wildman–Crippen MR) is 109 cm³/mol. The first-order valence-corrected chi connectivity index (χ1v) is 8.99. The molecule has 5 heteroatoms. The minimum Gasteiger partial charge on any atom is -0.496 e. The quantitative estimate of drug-likeness (QED) is 0.572. The van der Waals surface area contributed by atoms with Gasteiger partial charge in [0.25, 0.3) is 5.91 Å². The maximum atomic E-state index is 13.2. The molecule has 138 valence electrons. The first-order valence-electron chi connectivity index (χ1n) is 8.99. The summed E-state index contributed by atoms with van der Waals surface area (Å²) in [6, 6.07) is 24.8. The molecule has 3 aromatic carbocycles. The molecule has 0 saturated heterocycles. The first-order chi connectivity index (χ1) is 13.8. The fraction of sp³-hybridized carbons (Fsp3) is 0.0870.